The lowest BCUT2D eigenvalue weighted by molar-refractivity contribution is -0.274. The highest BCUT2D eigenvalue weighted by Gasteiger charge is 2.31. The number of aromatic nitrogens is 3. The number of anilines is 1. The maximum absolute atomic E-state index is 12.7. The number of urea groups is 1. The van der Waals surface area contributed by atoms with Crippen molar-refractivity contribution in [2.75, 3.05) is 17.2 Å². The number of carbonyl (C=O) groups is 1. The van der Waals surface area contributed by atoms with Gasteiger partial charge in [0.1, 0.15) is 18.1 Å². The van der Waals surface area contributed by atoms with E-state index in [0.29, 0.717) is 33.7 Å². The topological polar surface area (TPSA) is 108 Å². The number of hydrogen-bond donors (Lipinski definition) is 1. The van der Waals surface area contributed by atoms with Gasteiger partial charge in [0.2, 0.25) is 0 Å². The Hall–Kier alpha value is -5.09. The third-order valence-electron chi connectivity index (χ3n) is 6.56. The first-order valence-corrected chi connectivity index (χ1v) is 14.5. The maximum Gasteiger partial charge on any atom is 0.573 e. The third kappa shape index (κ3) is 7.27. The number of benzene rings is 3. The average molecular weight is 618 g/mol. The number of alkyl halides is 3. The number of hydrogen-bond acceptors (Lipinski definition) is 6. The predicted molar refractivity (Wildman–Crippen MR) is 163 cm³/mol. The summed E-state index contributed by atoms with van der Waals surface area (Å²) < 4.78 is 42.5. The molecule has 0 spiro atoms. The molecule has 5 rings (SSSR count). The van der Waals surface area contributed by atoms with Crippen molar-refractivity contribution in [1.82, 2.24) is 20.1 Å². The summed E-state index contributed by atoms with van der Waals surface area (Å²) in [6.45, 7) is 4.99. The van der Waals surface area contributed by atoms with Gasteiger partial charge in [-0.25, -0.2) is 14.5 Å². The number of amides is 2. The number of aliphatic imine (C=N–C) groups is 1. The Morgan fingerprint density at radius 2 is 1.84 bits per heavy atom. The molecule has 9 nitrogen and oxygen atoms in total. The Morgan fingerprint density at radius 1 is 1.11 bits per heavy atom. The quantitative estimate of drug-likeness (QED) is 0.220. The predicted octanol–water partition coefficient (Wildman–Crippen LogP) is 7.14. The normalized spacial score (nSPS) is 14.6. The van der Waals surface area contributed by atoms with Crippen LogP contribution in [-0.4, -0.2) is 44.6 Å². The molecule has 1 fully saturated rings. The molecule has 0 atom stereocenters. The molecule has 0 saturated carbocycles. The van der Waals surface area contributed by atoms with Crippen molar-refractivity contribution in [2.24, 2.45) is 4.99 Å². The number of nitrogens with zero attached hydrogens (tertiary/aromatic N) is 6. The zero-order chi connectivity index (χ0) is 31.3. The van der Waals surface area contributed by atoms with E-state index in [2.05, 4.69) is 51.1 Å². The number of allylic oxidation sites excluding steroid dienone is 1. The van der Waals surface area contributed by atoms with Gasteiger partial charge in [-0.15, -0.1) is 18.3 Å². The second-order valence-electron chi connectivity index (χ2n) is 9.86. The standard InChI is InChI=1S/C31H26F3N7O2S/c1-20(2)26-5-3-4-6-27(26)40-15-16-44-30(40)38-29(42)36-18-23(17-35)21-7-9-22(10-8-21)28-37-19-41(39-28)24-11-13-25(14-12-24)43-31(32,33)34/h3-14,18-20H,15-16H2,1-2H3,(H,36,42)/b23-18+,38-30?. The van der Waals surface area contributed by atoms with Crippen LogP contribution < -0.4 is 15.0 Å². The molecule has 2 heterocycles. The fourth-order valence-electron chi connectivity index (χ4n) is 4.49. The van der Waals surface area contributed by atoms with Gasteiger partial charge in [-0.1, -0.05) is 68.1 Å². The highest BCUT2D eigenvalue weighted by atomic mass is 32.2. The minimum atomic E-state index is -4.77. The maximum atomic E-state index is 12.7. The van der Waals surface area contributed by atoms with Gasteiger partial charge >= 0.3 is 12.4 Å². The highest BCUT2D eigenvalue weighted by molar-refractivity contribution is 8.14. The molecule has 0 radical (unpaired) electrons. The van der Waals surface area contributed by atoms with E-state index in [1.807, 2.05) is 23.1 Å². The molecule has 0 bridgehead atoms. The van der Waals surface area contributed by atoms with Crippen LogP contribution in [0.2, 0.25) is 0 Å². The van der Waals surface area contributed by atoms with Gasteiger partial charge in [-0.2, -0.15) is 10.3 Å². The Kier molecular flexibility index (Phi) is 9.01. The molecule has 3 aromatic carbocycles. The average Bonchev–Trinajstić information content (AvgIpc) is 3.68. The van der Waals surface area contributed by atoms with Crippen LogP contribution in [0.25, 0.3) is 22.6 Å². The zero-order valence-corrected chi connectivity index (χ0v) is 24.4. The van der Waals surface area contributed by atoms with Crippen LogP contribution in [0.1, 0.15) is 30.9 Å². The number of nitriles is 1. The van der Waals surface area contributed by atoms with Crippen LogP contribution in [0.4, 0.5) is 23.7 Å². The number of halogens is 3. The summed E-state index contributed by atoms with van der Waals surface area (Å²) >= 11 is 1.50. The number of nitrogens with one attached hydrogen (secondary N) is 1. The molecule has 0 aliphatic carbocycles. The molecule has 1 aliphatic heterocycles. The second-order valence-corrected chi connectivity index (χ2v) is 10.9. The molecule has 1 aromatic heterocycles. The van der Waals surface area contributed by atoms with Crippen molar-refractivity contribution < 1.29 is 22.7 Å². The Bertz CT molecular complexity index is 1740. The number of amidine groups is 1. The second kappa shape index (κ2) is 13.0. The summed E-state index contributed by atoms with van der Waals surface area (Å²) in [5, 5.41) is 17.3. The summed E-state index contributed by atoms with van der Waals surface area (Å²) in [7, 11) is 0. The van der Waals surface area contributed by atoms with E-state index in [0.717, 1.165) is 18.0 Å². The molecule has 44 heavy (non-hydrogen) atoms. The number of para-hydroxylation sites is 1. The summed E-state index contributed by atoms with van der Waals surface area (Å²) in [6.07, 6.45) is -2.01. The highest BCUT2D eigenvalue weighted by Crippen LogP contribution is 2.32. The van der Waals surface area contributed by atoms with Crippen LogP contribution in [0.5, 0.6) is 5.75 Å². The molecule has 2 amide bonds. The summed E-state index contributed by atoms with van der Waals surface area (Å²) in [4.78, 5) is 23.3. The van der Waals surface area contributed by atoms with E-state index in [-0.39, 0.29) is 11.3 Å². The van der Waals surface area contributed by atoms with E-state index >= 15 is 0 Å². The van der Waals surface area contributed by atoms with Gasteiger partial charge < -0.3 is 15.0 Å². The Balaban J connectivity index is 1.25. The first kappa shape index (κ1) is 30.4. The third-order valence-corrected chi connectivity index (χ3v) is 7.52. The Morgan fingerprint density at radius 3 is 2.52 bits per heavy atom. The summed E-state index contributed by atoms with van der Waals surface area (Å²) in [5.74, 6) is 1.15. The van der Waals surface area contributed by atoms with E-state index in [1.165, 1.54) is 58.8 Å². The first-order valence-electron chi connectivity index (χ1n) is 13.5. The fourth-order valence-corrected chi connectivity index (χ4v) is 5.44. The lowest BCUT2D eigenvalue weighted by Crippen LogP contribution is -2.27. The van der Waals surface area contributed by atoms with E-state index in [4.69, 9.17) is 0 Å². The molecule has 1 N–H and O–H groups in total. The summed E-state index contributed by atoms with van der Waals surface area (Å²) in [6, 6.07) is 21.7. The van der Waals surface area contributed by atoms with E-state index in [9.17, 15) is 23.2 Å². The van der Waals surface area contributed by atoms with Crippen LogP contribution in [-0.2, 0) is 0 Å². The summed E-state index contributed by atoms with van der Waals surface area (Å²) in [5.41, 5.74) is 4.14. The molecular weight excluding hydrogens is 591 g/mol. The number of ether oxygens (including phenoxy) is 1. The monoisotopic (exact) mass is 617 g/mol. The van der Waals surface area contributed by atoms with Crippen LogP contribution in [0, 0.1) is 11.3 Å². The van der Waals surface area contributed by atoms with Crippen LogP contribution >= 0.6 is 11.8 Å². The largest absolute Gasteiger partial charge is 0.573 e. The number of carbonyl (C=O) groups excluding carboxylic acids is 1. The SMILES string of the molecule is CC(C)c1ccccc1N1CCSC1=NC(=O)N/C=C(\C#N)c1ccc(-c2ncn(-c3ccc(OC(F)(F)F)cc3)n2)cc1. The number of rotatable bonds is 7. The van der Waals surface area contributed by atoms with Crippen molar-refractivity contribution in [3.63, 3.8) is 0 Å². The van der Waals surface area contributed by atoms with Gasteiger partial charge in [0.05, 0.1) is 11.3 Å². The van der Waals surface area contributed by atoms with Crippen molar-refractivity contribution in [1.29, 1.82) is 5.26 Å². The number of thioether (sulfide) groups is 1. The van der Waals surface area contributed by atoms with Gasteiger partial charge in [0, 0.05) is 29.7 Å². The molecule has 4 aromatic rings. The minimum Gasteiger partial charge on any atom is -0.406 e. The van der Waals surface area contributed by atoms with Gasteiger partial charge in [0.25, 0.3) is 0 Å². The van der Waals surface area contributed by atoms with Crippen LogP contribution in [0.15, 0.2) is 90.3 Å². The molecule has 1 saturated heterocycles. The van der Waals surface area contributed by atoms with Gasteiger partial charge in [-0.05, 0) is 47.4 Å². The lowest BCUT2D eigenvalue weighted by Gasteiger charge is -2.22. The van der Waals surface area contributed by atoms with E-state index < -0.39 is 12.4 Å². The van der Waals surface area contributed by atoms with Crippen LogP contribution in [0.3, 0.4) is 0 Å². The molecule has 0 unspecified atom stereocenters. The van der Waals surface area contributed by atoms with Gasteiger partial charge in [0.15, 0.2) is 11.0 Å². The molecular formula is C31H26F3N7O2S. The van der Waals surface area contributed by atoms with Crippen molar-refractivity contribution in [2.45, 2.75) is 26.1 Å². The first-order chi connectivity index (χ1) is 21.1. The van der Waals surface area contributed by atoms with Crippen molar-refractivity contribution in [3.8, 4) is 28.9 Å². The lowest BCUT2D eigenvalue weighted by atomic mass is 10.0. The van der Waals surface area contributed by atoms with Crippen molar-refractivity contribution in [3.05, 3.63) is 96.5 Å². The van der Waals surface area contributed by atoms with Gasteiger partial charge in [-0.3, -0.25) is 0 Å². The van der Waals surface area contributed by atoms with Crippen molar-refractivity contribution >= 4 is 34.2 Å². The smallest absolute Gasteiger partial charge is 0.406 e. The Labute approximate surface area is 255 Å². The minimum absolute atomic E-state index is 0.228. The molecule has 13 heteroatoms. The fraction of sp³-hybridized carbons (Fsp3) is 0.194. The molecule has 224 valence electrons. The molecule has 1 aliphatic rings. The van der Waals surface area contributed by atoms with E-state index in [1.54, 1.807) is 24.3 Å². The zero-order valence-electron chi connectivity index (χ0n) is 23.6.